The van der Waals surface area contributed by atoms with Gasteiger partial charge in [-0.3, -0.25) is 10.1 Å². The Morgan fingerprint density at radius 1 is 1.23 bits per heavy atom. The zero-order chi connectivity index (χ0) is 21.7. The minimum absolute atomic E-state index is 0.00953. The molecule has 1 aliphatic rings. The van der Waals surface area contributed by atoms with Crippen molar-refractivity contribution in [2.24, 2.45) is 0 Å². The lowest BCUT2D eigenvalue weighted by molar-refractivity contribution is -0.118. The van der Waals surface area contributed by atoms with Crippen LogP contribution in [0.2, 0.25) is 0 Å². The van der Waals surface area contributed by atoms with Gasteiger partial charge in [0.05, 0.1) is 11.4 Å². The first kappa shape index (κ1) is 21.5. The van der Waals surface area contributed by atoms with Crippen LogP contribution in [0.15, 0.2) is 41.6 Å². The van der Waals surface area contributed by atoms with Gasteiger partial charge < -0.3 is 9.64 Å². The van der Waals surface area contributed by atoms with Crippen molar-refractivity contribution in [1.29, 1.82) is 0 Å². The van der Waals surface area contributed by atoms with Gasteiger partial charge in [-0.25, -0.2) is 36.7 Å². The summed E-state index contributed by atoms with van der Waals surface area (Å²) < 4.78 is 56.5. The predicted molar refractivity (Wildman–Crippen MR) is 97.9 cm³/mol. The van der Waals surface area contributed by atoms with E-state index in [2.05, 4.69) is 20.0 Å². The van der Waals surface area contributed by atoms with E-state index in [1.54, 1.807) is 0 Å². The third-order valence-corrected chi connectivity index (χ3v) is 5.32. The first-order valence-corrected chi connectivity index (χ1v) is 10.1. The zero-order valence-electron chi connectivity index (χ0n) is 15.4. The third-order valence-electron chi connectivity index (χ3n) is 3.92. The number of imide groups is 1. The van der Waals surface area contributed by atoms with Crippen molar-refractivity contribution in [3.8, 4) is 5.75 Å². The molecule has 160 valence electrons. The van der Waals surface area contributed by atoms with Crippen molar-refractivity contribution in [3.05, 3.63) is 48.0 Å². The molecule has 1 aliphatic heterocycles. The fourth-order valence-corrected chi connectivity index (χ4v) is 3.54. The number of benzene rings is 1. The van der Waals surface area contributed by atoms with E-state index in [1.165, 1.54) is 35.5 Å². The number of hydrogen-bond acceptors (Lipinski definition) is 7. The Bertz CT molecular complexity index is 1030. The first-order valence-electron chi connectivity index (χ1n) is 8.62. The van der Waals surface area contributed by atoms with E-state index in [0.717, 1.165) is 6.07 Å². The molecule has 0 unspecified atom stereocenters. The number of amides is 3. The number of sulfonamides is 1. The van der Waals surface area contributed by atoms with Crippen molar-refractivity contribution in [2.75, 3.05) is 13.2 Å². The number of nitrogens with zero attached hydrogens (tertiary/aromatic N) is 3. The summed E-state index contributed by atoms with van der Waals surface area (Å²) >= 11 is 0. The maximum atomic E-state index is 12.4. The van der Waals surface area contributed by atoms with E-state index >= 15 is 0 Å². The van der Waals surface area contributed by atoms with Gasteiger partial charge in [0, 0.05) is 30.6 Å². The second-order valence-electron chi connectivity index (χ2n) is 6.22. The molecule has 1 aromatic carbocycles. The van der Waals surface area contributed by atoms with Gasteiger partial charge in [-0.1, -0.05) is 6.07 Å². The molecule has 1 saturated heterocycles. The number of nitrogens with one attached hydrogen (secondary N) is 2. The number of carbonyl (C=O) groups excluding carboxylic acids is 2. The summed E-state index contributed by atoms with van der Waals surface area (Å²) in [4.78, 5) is 31.9. The van der Waals surface area contributed by atoms with Gasteiger partial charge in [-0.05, 0) is 12.1 Å². The molecule has 0 aliphatic carbocycles. The average Bonchev–Trinajstić information content (AvgIpc) is 3.03. The molecule has 0 bridgehead atoms. The Morgan fingerprint density at radius 2 is 1.97 bits per heavy atom. The summed E-state index contributed by atoms with van der Waals surface area (Å²) in [5.41, 5.74) is 0.453. The number of halogens is 2. The van der Waals surface area contributed by atoms with Gasteiger partial charge in [0.2, 0.25) is 15.9 Å². The molecule has 0 radical (unpaired) electrons. The second kappa shape index (κ2) is 9.09. The van der Waals surface area contributed by atoms with Gasteiger partial charge in [0.15, 0.2) is 0 Å². The molecule has 0 saturated carbocycles. The fourth-order valence-electron chi connectivity index (χ4n) is 2.49. The van der Waals surface area contributed by atoms with Crippen molar-refractivity contribution >= 4 is 22.0 Å². The Hall–Kier alpha value is -3.19. The maximum Gasteiger partial charge on any atom is 0.324 e. The maximum absolute atomic E-state index is 12.4. The third kappa shape index (κ3) is 5.67. The van der Waals surface area contributed by atoms with Crippen LogP contribution in [0.5, 0.6) is 5.75 Å². The highest BCUT2D eigenvalue weighted by molar-refractivity contribution is 7.89. The molecule has 3 amide bonds. The van der Waals surface area contributed by atoms with Crippen molar-refractivity contribution in [2.45, 2.75) is 24.4 Å². The quantitative estimate of drug-likeness (QED) is 0.547. The fraction of sp³-hybridized carbons (Fsp3) is 0.294. The Balaban J connectivity index is 1.58. The first-order chi connectivity index (χ1) is 14.2. The molecule has 1 fully saturated rings. The molecule has 10 nitrogen and oxygen atoms in total. The number of hydrogen-bond donors (Lipinski definition) is 2. The van der Waals surface area contributed by atoms with Gasteiger partial charge in [-0.2, -0.15) is 0 Å². The van der Waals surface area contributed by atoms with Crippen LogP contribution in [-0.2, 0) is 27.9 Å². The van der Waals surface area contributed by atoms with Gasteiger partial charge in [0.1, 0.15) is 24.7 Å². The number of aromatic nitrogens is 2. The highest BCUT2D eigenvalue weighted by Gasteiger charge is 2.27. The molecule has 3 rings (SSSR count). The number of alkyl halides is 2. The smallest absolute Gasteiger partial charge is 0.324 e. The SMILES string of the molecule is O=C1CN(Cc2ncc(CNS(=O)(=O)c3cccc(OCC(F)F)c3)cn2)C(=O)N1. The molecule has 13 heteroatoms. The molecule has 2 N–H and O–H groups in total. The van der Waals surface area contributed by atoms with Crippen LogP contribution in [0.3, 0.4) is 0 Å². The highest BCUT2D eigenvalue weighted by Crippen LogP contribution is 2.18. The van der Waals surface area contributed by atoms with Gasteiger partial charge in [0.25, 0.3) is 6.43 Å². The van der Waals surface area contributed by atoms with Crippen LogP contribution in [0.25, 0.3) is 0 Å². The zero-order valence-corrected chi connectivity index (χ0v) is 16.2. The van der Waals surface area contributed by atoms with E-state index in [-0.39, 0.29) is 36.1 Å². The van der Waals surface area contributed by atoms with Crippen LogP contribution in [-0.4, -0.2) is 54.8 Å². The molecule has 2 heterocycles. The Labute approximate surface area is 170 Å². The molecular formula is C17H17F2N5O5S. The van der Waals surface area contributed by atoms with Crippen molar-refractivity contribution in [1.82, 2.24) is 24.9 Å². The van der Waals surface area contributed by atoms with Gasteiger partial charge in [-0.15, -0.1) is 0 Å². The lowest BCUT2D eigenvalue weighted by atomic mass is 10.3. The molecule has 1 aromatic heterocycles. The monoisotopic (exact) mass is 441 g/mol. The second-order valence-corrected chi connectivity index (χ2v) is 7.99. The predicted octanol–water partition coefficient (Wildman–Crippen LogP) is 0.651. The summed E-state index contributed by atoms with van der Waals surface area (Å²) in [7, 11) is -3.93. The Kier molecular flexibility index (Phi) is 6.52. The minimum atomic E-state index is -3.93. The minimum Gasteiger partial charge on any atom is -0.488 e. The van der Waals surface area contributed by atoms with Gasteiger partial charge >= 0.3 is 6.03 Å². The number of urea groups is 1. The lowest BCUT2D eigenvalue weighted by Gasteiger charge is -2.12. The molecule has 0 spiro atoms. The van der Waals surface area contributed by atoms with E-state index < -0.39 is 35.0 Å². The van der Waals surface area contributed by atoms with E-state index in [1.807, 2.05) is 0 Å². The standard InChI is InChI=1S/C17H17F2N5O5S/c18-14(19)10-29-12-2-1-3-13(4-12)30(27,28)22-7-11-5-20-15(21-6-11)8-24-9-16(25)23-17(24)26/h1-6,14,22H,7-10H2,(H,23,25,26). The van der Waals surface area contributed by atoms with Crippen LogP contribution in [0, 0.1) is 0 Å². The largest absolute Gasteiger partial charge is 0.488 e. The van der Waals surface area contributed by atoms with Crippen LogP contribution >= 0.6 is 0 Å². The molecule has 2 aromatic rings. The summed E-state index contributed by atoms with van der Waals surface area (Å²) in [5.74, 6) is -0.111. The topological polar surface area (TPSA) is 131 Å². The van der Waals surface area contributed by atoms with E-state index in [0.29, 0.717) is 5.56 Å². The highest BCUT2D eigenvalue weighted by atomic mass is 32.2. The Morgan fingerprint density at radius 3 is 2.60 bits per heavy atom. The summed E-state index contributed by atoms with van der Waals surface area (Å²) in [6.45, 7) is -1.000. The lowest BCUT2D eigenvalue weighted by Crippen LogP contribution is -2.28. The van der Waals surface area contributed by atoms with Crippen LogP contribution < -0.4 is 14.8 Å². The van der Waals surface area contributed by atoms with Crippen LogP contribution in [0.4, 0.5) is 13.6 Å². The molecule has 30 heavy (non-hydrogen) atoms. The molecular weight excluding hydrogens is 424 g/mol. The normalized spacial score (nSPS) is 14.3. The van der Waals surface area contributed by atoms with Crippen molar-refractivity contribution < 1.29 is 31.5 Å². The van der Waals surface area contributed by atoms with E-state index in [4.69, 9.17) is 4.74 Å². The summed E-state index contributed by atoms with van der Waals surface area (Å²) in [5, 5.41) is 2.14. The molecule has 0 atom stereocenters. The number of rotatable bonds is 9. The van der Waals surface area contributed by atoms with E-state index in [9.17, 15) is 26.8 Å². The van der Waals surface area contributed by atoms with Crippen molar-refractivity contribution in [3.63, 3.8) is 0 Å². The summed E-state index contributed by atoms with van der Waals surface area (Å²) in [6, 6.07) is 4.68. The summed E-state index contributed by atoms with van der Waals surface area (Å²) in [6.07, 6.45) is 0.109. The average molecular weight is 441 g/mol. The number of ether oxygens (including phenoxy) is 1. The number of carbonyl (C=O) groups is 2. The van der Waals surface area contributed by atoms with Crippen LogP contribution in [0.1, 0.15) is 11.4 Å².